The van der Waals surface area contributed by atoms with Gasteiger partial charge in [-0.1, -0.05) is 36.7 Å². The minimum atomic E-state index is -0.751. The zero-order valence-corrected chi connectivity index (χ0v) is 15.8. The maximum atomic E-state index is 12.5. The predicted molar refractivity (Wildman–Crippen MR) is 104 cm³/mol. The van der Waals surface area contributed by atoms with Crippen LogP contribution in [0.5, 0.6) is 5.75 Å². The molecule has 6 heteroatoms. The van der Waals surface area contributed by atoms with Crippen LogP contribution in [0.1, 0.15) is 37.6 Å². The van der Waals surface area contributed by atoms with Crippen LogP contribution >= 0.6 is 11.6 Å². The SMILES string of the molecule is CC[C@H](C)NC(=O)c1ccccc1NC(=O)[C@@H](C)Oc1cccc(Cl)c1. The third kappa shape index (κ3) is 5.49. The maximum Gasteiger partial charge on any atom is 0.265 e. The van der Waals surface area contributed by atoms with Crippen molar-refractivity contribution >= 4 is 29.1 Å². The summed E-state index contributed by atoms with van der Waals surface area (Å²) >= 11 is 5.92. The number of halogens is 1. The quantitative estimate of drug-likeness (QED) is 0.760. The highest BCUT2D eigenvalue weighted by atomic mass is 35.5. The summed E-state index contributed by atoms with van der Waals surface area (Å²) < 4.78 is 5.61. The van der Waals surface area contributed by atoms with E-state index < -0.39 is 6.10 Å². The number of ether oxygens (including phenoxy) is 1. The van der Waals surface area contributed by atoms with Crippen molar-refractivity contribution in [2.45, 2.75) is 39.3 Å². The van der Waals surface area contributed by atoms with Crippen molar-refractivity contribution in [3.63, 3.8) is 0 Å². The number of nitrogens with one attached hydrogen (secondary N) is 2. The van der Waals surface area contributed by atoms with Crippen LogP contribution < -0.4 is 15.4 Å². The summed E-state index contributed by atoms with van der Waals surface area (Å²) in [6.45, 7) is 5.56. The van der Waals surface area contributed by atoms with E-state index in [2.05, 4.69) is 10.6 Å². The second-order valence-corrected chi connectivity index (χ2v) is 6.47. The number of rotatable bonds is 7. The number of benzene rings is 2. The van der Waals surface area contributed by atoms with Crippen molar-refractivity contribution in [1.29, 1.82) is 0 Å². The van der Waals surface area contributed by atoms with Crippen molar-refractivity contribution in [1.82, 2.24) is 5.32 Å². The van der Waals surface area contributed by atoms with Crippen molar-refractivity contribution < 1.29 is 14.3 Å². The van der Waals surface area contributed by atoms with E-state index in [9.17, 15) is 9.59 Å². The number of amides is 2. The van der Waals surface area contributed by atoms with Gasteiger partial charge in [-0.05, 0) is 50.6 Å². The summed E-state index contributed by atoms with van der Waals surface area (Å²) in [4.78, 5) is 24.9. The van der Waals surface area contributed by atoms with Crippen molar-refractivity contribution in [3.8, 4) is 5.75 Å². The third-order valence-corrected chi connectivity index (χ3v) is 4.13. The van der Waals surface area contributed by atoms with Gasteiger partial charge >= 0.3 is 0 Å². The Bertz CT molecular complexity index is 779. The molecule has 0 heterocycles. The van der Waals surface area contributed by atoms with Crippen LogP contribution in [-0.2, 0) is 4.79 Å². The van der Waals surface area contributed by atoms with E-state index in [0.29, 0.717) is 22.0 Å². The van der Waals surface area contributed by atoms with Gasteiger partial charge < -0.3 is 15.4 Å². The zero-order chi connectivity index (χ0) is 19.1. The van der Waals surface area contributed by atoms with Gasteiger partial charge in [0.05, 0.1) is 11.3 Å². The van der Waals surface area contributed by atoms with Gasteiger partial charge in [-0.3, -0.25) is 9.59 Å². The van der Waals surface area contributed by atoms with Crippen LogP contribution in [0.3, 0.4) is 0 Å². The summed E-state index contributed by atoms with van der Waals surface area (Å²) in [7, 11) is 0. The van der Waals surface area contributed by atoms with E-state index in [1.807, 2.05) is 13.8 Å². The Hall–Kier alpha value is -2.53. The molecule has 0 aliphatic rings. The Morgan fingerprint density at radius 2 is 1.85 bits per heavy atom. The molecule has 2 rings (SSSR count). The fourth-order valence-corrected chi connectivity index (χ4v) is 2.41. The Balaban J connectivity index is 2.07. The van der Waals surface area contributed by atoms with Gasteiger partial charge in [-0.15, -0.1) is 0 Å². The van der Waals surface area contributed by atoms with E-state index in [1.54, 1.807) is 55.5 Å². The first-order chi connectivity index (χ1) is 12.4. The Morgan fingerprint density at radius 1 is 1.12 bits per heavy atom. The van der Waals surface area contributed by atoms with E-state index in [-0.39, 0.29) is 17.9 Å². The van der Waals surface area contributed by atoms with Crippen LogP contribution in [0.15, 0.2) is 48.5 Å². The highest BCUT2D eigenvalue weighted by molar-refractivity contribution is 6.30. The molecule has 0 unspecified atom stereocenters. The summed E-state index contributed by atoms with van der Waals surface area (Å²) in [5, 5.41) is 6.19. The Labute approximate surface area is 158 Å². The molecule has 0 aromatic heterocycles. The van der Waals surface area contributed by atoms with Crippen LogP contribution in [0.25, 0.3) is 0 Å². The lowest BCUT2D eigenvalue weighted by Gasteiger charge is -2.17. The van der Waals surface area contributed by atoms with Gasteiger partial charge in [0, 0.05) is 11.1 Å². The molecule has 2 atom stereocenters. The molecule has 0 radical (unpaired) electrons. The van der Waals surface area contributed by atoms with Crippen LogP contribution in [0.2, 0.25) is 5.02 Å². The Kier molecular flexibility index (Phi) is 7.04. The van der Waals surface area contributed by atoms with Gasteiger partial charge in [-0.25, -0.2) is 0 Å². The Morgan fingerprint density at radius 3 is 2.54 bits per heavy atom. The summed E-state index contributed by atoms with van der Waals surface area (Å²) in [6, 6.07) is 13.8. The van der Waals surface area contributed by atoms with Crippen molar-refractivity contribution in [3.05, 3.63) is 59.1 Å². The van der Waals surface area contributed by atoms with Crippen LogP contribution in [0, 0.1) is 0 Å². The summed E-state index contributed by atoms with van der Waals surface area (Å²) in [5.74, 6) is -0.0737. The average Bonchev–Trinajstić information content (AvgIpc) is 2.61. The second-order valence-electron chi connectivity index (χ2n) is 6.04. The van der Waals surface area contributed by atoms with Crippen molar-refractivity contribution in [2.24, 2.45) is 0 Å². The molecular formula is C20H23ClN2O3. The van der Waals surface area contributed by atoms with E-state index in [1.165, 1.54) is 0 Å². The maximum absolute atomic E-state index is 12.5. The molecule has 0 spiro atoms. The summed E-state index contributed by atoms with van der Waals surface area (Å²) in [6.07, 6.45) is 0.0734. The average molecular weight is 375 g/mol. The number of carbonyl (C=O) groups is 2. The molecule has 0 saturated heterocycles. The molecule has 2 N–H and O–H groups in total. The number of carbonyl (C=O) groups excluding carboxylic acids is 2. The van der Waals surface area contributed by atoms with E-state index in [0.717, 1.165) is 6.42 Å². The van der Waals surface area contributed by atoms with Gasteiger partial charge in [-0.2, -0.15) is 0 Å². The molecule has 0 saturated carbocycles. The molecule has 2 aromatic rings. The normalized spacial score (nSPS) is 12.8. The number of hydrogen-bond acceptors (Lipinski definition) is 3. The van der Waals surface area contributed by atoms with Gasteiger partial charge in [0.2, 0.25) is 0 Å². The first-order valence-electron chi connectivity index (χ1n) is 8.53. The zero-order valence-electron chi connectivity index (χ0n) is 15.1. The molecule has 138 valence electrons. The lowest BCUT2D eigenvalue weighted by atomic mass is 10.1. The lowest BCUT2D eigenvalue weighted by molar-refractivity contribution is -0.122. The topological polar surface area (TPSA) is 67.4 Å². The highest BCUT2D eigenvalue weighted by Gasteiger charge is 2.19. The molecule has 5 nitrogen and oxygen atoms in total. The predicted octanol–water partition coefficient (Wildman–Crippen LogP) is 4.27. The number of para-hydroxylation sites is 1. The van der Waals surface area contributed by atoms with Crippen molar-refractivity contribution in [2.75, 3.05) is 5.32 Å². The fraction of sp³-hybridized carbons (Fsp3) is 0.300. The monoisotopic (exact) mass is 374 g/mol. The number of anilines is 1. The van der Waals surface area contributed by atoms with Gasteiger partial charge in [0.15, 0.2) is 6.10 Å². The standard InChI is InChI=1S/C20H23ClN2O3/c1-4-13(2)22-20(25)17-10-5-6-11-18(17)23-19(24)14(3)26-16-9-7-8-15(21)12-16/h5-14H,4H2,1-3H3,(H,22,25)(H,23,24)/t13-,14+/m0/s1. The fourth-order valence-electron chi connectivity index (χ4n) is 2.23. The van der Waals surface area contributed by atoms with Gasteiger partial charge in [0.25, 0.3) is 11.8 Å². The molecule has 0 aliphatic carbocycles. The van der Waals surface area contributed by atoms with E-state index >= 15 is 0 Å². The van der Waals surface area contributed by atoms with Gasteiger partial charge in [0.1, 0.15) is 5.75 Å². The minimum absolute atomic E-state index is 0.0522. The largest absolute Gasteiger partial charge is 0.481 e. The summed E-state index contributed by atoms with van der Waals surface area (Å²) in [5.41, 5.74) is 0.857. The van der Waals surface area contributed by atoms with E-state index in [4.69, 9.17) is 16.3 Å². The molecule has 26 heavy (non-hydrogen) atoms. The molecular weight excluding hydrogens is 352 g/mol. The highest BCUT2D eigenvalue weighted by Crippen LogP contribution is 2.20. The molecule has 0 fully saturated rings. The van der Waals surface area contributed by atoms with Crippen LogP contribution in [-0.4, -0.2) is 24.0 Å². The minimum Gasteiger partial charge on any atom is -0.481 e. The third-order valence-electron chi connectivity index (χ3n) is 3.90. The number of hydrogen-bond donors (Lipinski definition) is 2. The van der Waals surface area contributed by atoms with Crippen LogP contribution in [0.4, 0.5) is 5.69 Å². The molecule has 2 aromatic carbocycles. The first-order valence-corrected chi connectivity index (χ1v) is 8.91. The molecule has 2 amide bonds. The first kappa shape index (κ1) is 19.8. The second kappa shape index (κ2) is 9.25. The lowest BCUT2D eigenvalue weighted by Crippen LogP contribution is -2.34. The molecule has 0 aliphatic heterocycles. The smallest absolute Gasteiger partial charge is 0.265 e. The molecule has 0 bridgehead atoms.